The van der Waals surface area contributed by atoms with Crippen molar-refractivity contribution in [1.82, 2.24) is 0 Å². The molecule has 4 nitrogen and oxygen atoms in total. The summed E-state index contributed by atoms with van der Waals surface area (Å²) in [6.45, 7) is 2.48. The number of aliphatic hydroxyl groups is 1. The van der Waals surface area contributed by atoms with Crippen LogP contribution >= 0.6 is 15.9 Å². The highest BCUT2D eigenvalue weighted by Crippen LogP contribution is 2.32. The highest BCUT2D eigenvalue weighted by Gasteiger charge is 2.31. The number of aryl methyl sites for hydroxylation is 1. The van der Waals surface area contributed by atoms with Gasteiger partial charge in [0.2, 0.25) is 0 Å². The molecule has 98 valence electrons. The third kappa shape index (κ3) is 2.67. The van der Waals surface area contributed by atoms with Crippen LogP contribution in [0, 0.1) is 6.92 Å². The zero-order valence-corrected chi connectivity index (χ0v) is 11.8. The monoisotopic (exact) mass is 313 g/mol. The molecule has 1 unspecified atom stereocenters. The van der Waals surface area contributed by atoms with Gasteiger partial charge in [0.1, 0.15) is 0 Å². The lowest BCUT2D eigenvalue weighted by molar-refractivity contribution is 0.124. The van der Waals surface area contributed by atoms with Crippen molar-refractivity contribution >= 4 is 27.7 Å². The second-order valence-electron chi connectivity index (χ2n) is 4.39. The van der Waals surface area contributed by atoms with Crippen LogP contribution in [0.5, 0.6) is 0 Å². The quantitative estimate of drug-likeness (QED) is 0.933. The van der Waals surface area contributed by atoms with Gasteiger partial charge in [-0.2, -0.15) is 0 Å². The molecule has 0 aromatic heterocycles. The lowest BCUT2D eigenvalue weighted by Crippen LogP contribution is -2.46. The summed E-state index contributed by atoms with van der Waals surface area (Å²) < 4.78 is 5.96. The van der Waals surface area contributed by atoms with Crippen molar-refractivity contribution in [3.63, 3.8) is 0 Å². The highest BCUT2D eigenvalue weighted by atomic mass is 79.9. The number of ether oxygens (including phenoxy) is 1. The Labute approximate surface area is 115 Å². The SMILES string of the molecule is Cc1ccc(N2C(=O)OCCC2CCO)c(Br)c1. The average molecular weight is 314 g/mol. The van der Waals surface area contributed by atoms with Crippen LogP contribution in [0.15, 0.2) is 22.7 Å². The van der Waals surface area contributed by atoms with E-state index in [4.69, 9.17) is 9.84 Å². The Morgan fingerprint density at radius 2 is 2.33 bits per heavy atom. The highest BCUT2D eigenvalue weighted by molar-refractivity contribution is 9.10. The minimum absolute atomic E-state index is 0.00439. The van der Waals surface area contributed by atoms with E-state index < -0.39 is 0 Å². The van der Waals surface area contributed by atoms with Crippen molar-refractivity contribution in [2.45, 2.75) is 25.8 Å². The molecule has 0 bridgehead atoms. The van der Waals surface area contributed by atoms with Gasteiger partial charge >= 0.3 is 6.09 Å². The van der Waals surface area contributed by atoms with E-state index in [1.807, 2.05) is 25.1 Å². The minimum Gasteiger partial charge on any atom is -0.449 e. The summed E-state index contributed by atoms with van der Waals surface area (Å²) in [7, 11) is 0. The molecule has 1 amide bonds. The first-order valence-corrected chi connectivity index (χ1v) is 6.76. The summed E-state index contributed by atoms with van der Waals surface area (Å²) in [5.41, 5.74) is 1.92. The largest absolute Gasteiger partial charge is 0.449 e. The zero-order chi connectivity index (χ0) is 13.1. The zero-order valence-electron chi connectivity index (χ0n) is 10.2. The smallest absolute Gasteiger partial charge is 0.414 e. The number of carbonyl (C=O) groups is 1. The van der Waals surface area contributed by atoms with Crippen LogP contribution in [0.2, 0.25) is 0 Å². The molecule has 0 aliphatic carbocycles. The number of amides is 1. The Morgan fingerprint density at radius 3 is 3.00 bits per heavy atom. The predicted molar refractivity (Wildman–Crippen MR) is 72.8 cm³/mol. The second kappa shape index (κ2) is 5.71. The van der Waals surface area contributed by atoms with Crippen molar-refractivity contribution < 1.29 is 14.6 Å². The van der Waals surface area contributed by atoms with E-state index in [0.717, 1.165) is 22.1 Å². The van der Waals surface area contributed by atoms with E-state index in [0.29, 0.717) is 13.0 Å². The molecular weight excluding hydrogens is 298 g/mol. The van der Waals surface area contributed by atoms with Gasteiger partial charge in [-0.05, 0) is 47.0 Å². The molecule has 1 fully saturated rings. The Balaban J connectivity index is 2.34. The second-order valence-corrected chi connectivity index (χ2v) is 5.25. The van der Waals surface area contributed by atoms with Gasteiger partial charge in [0.05, 0.1) is 12.3 Å². The number of halogens is 1. The van der Waals surface area contributed by atoms with Crippen LogP contribution in [-0.2, 0) is 4.74 Å². The first kappa shape index (κ1) is 13.4. The van der Waals surface area contributed by atoms with Gasteiger partial charge in [-0.3, -0.25) is 4.90 Å². The number of rotatable bonds is 3. The number of cyclic esters (lactones) is 1. The summed E-state index contributed by atoms with van der Waals surface area (Å²) in [5.74, 6) is 0. The lowest BCUT2D eigenvalue weighted by Gasteiger charge is -2.35. The molecule has 0 spiro atoms. The number of hydrogen-bond donors (Lipinski definition) is 1. The number of benzene rings is 1. The Bertz CT molecular complexity index is 448. The van der Waals surface area contributed by atoms with Crippen molar-refractivity contribution in [2.24, 2.45) is 0 Å². The lowest BCUT2D eigenvalue weighted by atomic mass is 10.1. The summed E-state index contributed by atoms with van der Waals surface area (Å²) in [5, 5.41) is 9.09. The molecule has 1 aliphatic rings. The molecule has 18 heavy (non-hydrogen) atoms. The summed E-state index contributed by atoms with van der Waals surface area (Å²) >= 11 is 3.48. The van der Waals surface area contributed by atoms with Gasteiger partial charge in [0, 0.05) is 23.5 Å². The van der Waals surface area contributed by atoms with Crippen molar-refractivity contribution in [3.8, 4) is 0 Å². The molecule has 1 atom stereocenters. The Kier molecular flexibility index (Phi) is 4.24. The van der Waals surface area contributed by atoms with Crippen molar-refractivity contribution in [3.05, 3.63) is 28.2 Å². The fourth-order valence-electron chi connectivity index (χ4n) is 2.15. The van der Waals surface area contributed by atoms with Gasteiger partial charge in [0.15, 0.2) is 0 Å². The Hall–Kier alpha value is -1.07. The van der Waals surface area contributed by atoms with Crippen LogP contribution in [-0.4, -0.2) is 30.5 Å². The van der Waals surface area contributed by atoms with E-state index >= 15 is 0 Å². The summed E-state index contributed by atoms with van der Waals surface area (Å²) in [4.78, 5) is 13.5. The number of hydrogen-bond acceptors (Lipinski definition) is 3. The topological polar surface area (TPSA) is 49.8 Å². The first-order valence-electron chi connectivity index (χ1n) is 5.96. The molecule has 1 aromatic carbocycles. The van der Waals surface area contributed by atoms with Gasteiger partial charge in [0.25, 0.3) is 0 Å². The van der Waals surface area contributed by atoms with Crippen LogP contribution in [0.3, 0.4) is 0 Å². The number of carbonyl (C=O) groups excluding carboxylic acids is 1. The van der Waals surface area contributed by atoms with E-state index in [2.05, 4.69) is 15.9 Å². The standard InChI is InChI=1S/C13H16BrNO3/c1-9-2-3-12(11(14)8-9)15-10(4-6-16)5-7-18-13(15)17/h2-3,8,10,16H,4-7H2,1H3. The van der Waals surface area contributed by atoms with Crippen LogP contribution < -0.4 is 4.90 Å². The number of nitrogens with zero attached hydrogens (tertiary/aromatic N) is 1. The Morgan fingerprint density at radius 1 is 1.56 bits per heavy atom. The van der Waals surface area contributed by atoms with Crippen molar-refractivity contribution in [2.75, 3.05) is 18.1 Å². The normalized spacial score (nSPS) is 19.8. The first-order chi connectivity index (χ1) is 8.63. The minimum atomic E-state index is -0.343. The van der Waals surface area contributed by atoms with Crippen molar-refractivity contribution in [1.29, 1.82) is 0 Å². The molecule has 5 heteroatoms. The van der Waals surface area contributed by atoms with Gasteiger partial charge in [-0.1, -0.05) is 6.07 Å². The number of aliphatic hydroxyl groups excluding tert-OH is 1. The maximum Gasteiger partial charge on any atom is 0.414 e. The third-order valence-corrected chi connectivity index (χ3v) is 3.70. The molecule has 0 saturated carbocycles. The molecule has 1 aliphatic heterocycles. The molecule has 0 radical (unpaired) electrons. The molecule has 1 heterocycles. The molecule has 2 rings (SSSR count). The summed E-state index contributed by atoms with van der Waals surface area (Å²) in [6, 6.07) is 5.82. The molecule has 1 N–H and O–H groups in total. The van der Waals surface area contributed by atoms with E-state index in [9.17, 15) is 4.79 Å². The van der Waals surface area contributed by atoms with Crippen LogP contribution in [0.25, 0.3) is 0 Å². The third-order valence-electron chi connectivity index (χ3n) is 3.06. The maximum atomic E-state index is 11.9. The molecule has 1 saturated heterocycles. The van der Waals surface area contributed by atoms with Gasteiger partial charge in [-0.25, -0.2) is 4.79 Å². The van der Waals surface area contributed by atoms with Crippen LogP contribution in [0.4, 0.5) is 10.5 Å². The van der Waals surface area contributed by atoms with E-state index in [1.54, 1.807) is 4.90 Å². The fourth-order valence-corrected chi connectivity index (χ4v) is 2.84. The average Bonchev–Trinajstić information content (AvgIpc) is 2.31. The summed E-state index contributed by atoms with van der Waals surface area (Å²) in [6.07, 6.45) is 0.964. The molecule has 1 aromatic rings. The van der Waals surface area contributed by atoms with E-state index in [-0.39, 0.29) is 18.7 Å². The number of anilines is 1. The van der Waals surface area contributed by atoms with Crippen LogP contribution in [0.1, 0.15) is 18.4 Å². The molecular formula is C13H16BrNO3. The van der Waals surface area contributed by atoms with Gasteiger partial charge < -0.3 is 9.84 Å². The maximum absolute atomic E-state index is 11.9. The predicted octanol–water partition coefficient (Wildman–Crippen LogP) is 2.86. The van der Waals surface area contributed by atoms with E-state index in [1.165, 1.54) is 0 Å². The fraction of sp³-hybridized carbons (Fsp3) is 0.462. The van der Waals surface area contributed by atoms with Gasteiger partial charge in [-0.15, -0.1) is 0 Å².